The van der Waals surface area contributed by atoms with Gasteiger partial charge in [-0.3, -0.25) is 38.9 Å². The van der Waals surface area contributed by atoms with Crippen molar-refractivity contribution in [3.63, 3.8) is 0 Å². The predicted molar refractivity (Wildman–Crippen MR) is 154 cm³/mol. The monoisotopic (exact) mass is 616 g/mol. The first kappa shape index (κ1) is 32.3. The number of nitrogens with zero attached hydrogens (tertiary/aromatic N) is 4. The number of ketones is 3. The molecule has 0 aliphatic heterocycles. The number of sulfone groups is 1. The SMILES string of the molecule is CS(=O)(=O)c1ccc(C(=O)C2C(=O)CCCC2=O)c([N+](=O)[O-])c1.Cc1cccc(C)c1N(Cn1cccn1)C(=O)CCl. The summed E-state index contributed by atoms with van der Waals surface area (Å²) in [4.78, 5) is 59.7. The Labute approximate surface area is 247 Å². The molecule has 0 bridgehead atoms. The van der Waals surface area contributed by atoms with E-state index in [1.54, 1.807) is 15.8 Å². The van der Waals surface area contributed by atoms with Gasteiger partial charge in [0.25, 0.3) is 5.69 Å². The van der Waals surface area contributed by atoms with Gasteiger partial charge in [0.05, 0.1) is 21.1 Å². The summed E-state index contributed by atoms with van der Waals surface area (Å²) in [6, 6.07) is 10.6. The molecule has 1 saturated carbocycles. The van der Waals surface area contributed by atoms with Crippen LogP contribution >= 0.6 is 11.6 Å². The zero-order chi connectivity index (χ0) is 31.2. The highest BCUT2D eigenvalue weighted by atomic mass is 35.5. The second-order valence-corrected chi connectivity index (χ2v) is 12.0. The molecule has 42 heavy (non-hydrogen) atoms. The van der Waals surface area contributed by atoms with Gasteiger partial charge < -0.3 is 0 Å². The van der Waals surface area contributed by atoms with Gasteiger partial charge in [0.1, 0.15) is 18.5 Å². The highest BCUT2D eigenvalue weighted by Crippen LogP contribution is 2.29. The molecule has 1 heterocycles. The molecule has 0 atom stereocenters. The van der Waals surface area contributed by atoms with Gasteiger partial charge in [-0.05, 0) is 49.6 Å². The third kappa shape index (κ3) is 7.53. The van der Waals surface area contributed by atoms with Crippen LogP contribution in [0.15, 0.2) is 59.8 Å². The minimum absolute atomic E-state index is 0.0466. The van der Waals surface area contributed by atoms with Gasteiger partial charge in [-0.1, -0.05) is 18.2 Å². The zero-order valence-corrected chi connectivity index (χ0v) is 24.7. The van der Waals surface area contributed by atoms with Crippen molar-refractivity contribution in [2.75, 3.05) is 17.0 Å². The number of carbonyl (C=O) groups is 4. The molecule has 0 unspecified atom stereocenters. The topological polar surface area (TPSA) is 167 Å². The fourth-order valence-electron chi connectivity index (χ4n) is 4.56. The first-order valence-corrected chi connectivity index (χ1v) is 15.2. The smallest absolute Gasteiger partial charge is 0.281 e. The Morgan fingerprint density at radius 2 is 1.71 bits per heavy atom. The van der Waals surface area contributed by atoms with Crippen LogP contribution < -0.4 is 4.90 Å². The molecule has 1 aliphatic rings. The van der Waals surface area contributed by atoms with Crippen molar-refractivity contribution in [3.05, 3.63) is 81.7 Å². The van der Waals surface area contributed by atoms with E-state index in [1.807, 2.05) is 44.3 Å². The lowest BCUT2D eigenvalue weighted by Crippen LogP contribution is -2.35. The Morgan fingerprint density at radius 1 is 1.10 bits per heavy atom. The molecule has 1 amide bonds. The van der Waals surface area contributed by atoms with Crippen molar-refractivity contribution in [1.29, 1.82) is 0 Å². The molecule has 2 aromatic carbocycles. The van der Waals surface area contributed by atoms with Crippen LogP contribution in [0.1, 0.15) is 40.7 Å². The molecule has 1 aromatic heterocycles. The average molecular weight is 617 g/mol. The second-order valence-electron chi connectivity index (χ2n) is 9.67. The standard InChI is InChI=1S/C14H16ClN3O.C14H13NO7S/c1-11-5-3-6-12(2)14(11)18(13(19)9-15)10-17-8-4-7-16-17;1-23(21,22)8-5-6-9(10(7-8)15(19)20)14(18)13-11(16)3-2-4-12(13)17/h3-8H,9-10H2,1-2H3;5-7,13H,2-4H2,1H3. The average Bonchev–Trinajstić information content (AvgIpc) is 3.44. The quantitative estimate of drug-likeness (QED) is 0.120. The largest absolute Gasteiger partial charge is 0.298 e. The summed E-state index contributed by atoms with van der Waals surface area (Å²) in [5, 5.41) is 15.3. The highest BCUT2D eigenvalue weighted by Gasteiger charge is 2.39. The van der Waals surface area contributed by atoms with E-state index in [0.717, 1.165) is 41.3 Å². The Balaban J connectivity index is 0.000000235. The number of hydrogen-bond acceptors (Lipinski definition) is 9. The van der Waals surface area contributed by atoms with Crippen molar-refractivity contribution in [2.45, 2.75) is 44.7 Å². The van der Waals surface area contributed by atoms with Crippen LogP contribution in [0.25, 0.3) is 0 Å². The maximum Gasteiger partial charge on any atom is 0.281 e. The summed E-state index contributed by atoms with van der Waals surface area (Å²) in [5.74, 6) is -3.79. The molecule has 1 fully saturated rings. The molecule has 12 nitrogen and oxygen atoms in total. The van der Waals surface area contributed by atoms with E-state index in [2.05, 4.69) is 5.10 Å². The molecule has 1 aliphatic carbocycles. The molecule has 4 rings (SSSR count). The fraction of sp³-hybridized carbons (Fsp3) is 0.321. The van der Waals surface area contributed by atoms with Crippen LogP contribution in [-0.4, -0.2) is 58.5 Å². The van der Waals surface area contributed by atoms with Gasteiger partial charge in [0, 0.05) is 37.6 Å². The van der Waals surface area contributed by atoms with Crippen molar-refractivity contribution in [1.82, 2.24) is 9.78 Å². The summed E-state index contributed by atoms with van der Waals surface area (Å²) in [6.07, 6.45) is 4.88. The van der Waals surface area contributed by atoms with E-state index in [0.29, 0.717) is 13.1 Å². The number of nitro benzene ring substituents is 1. The van der Waals surface area contributed by atoms with Crippen LogP contribution in [-0.2, 0) is 30.9 Å². The number of Topliss-reactive ketones (excluding diaryl/α,β-unsaturated/α-hetero) is 3. The van der Waals surface area contributed by atoms with Crippen LogP contribution in [0, 0.1) is 29.9 Å². The van der Waals surface area contributed by atoms with E-state index < -0.39 is 49.3 Å². The van der Waals surface area contributed by atoms with E-state index >= 15 is 0 Å². The van der Waals surface area contributed by atoms with E-state index in [1.165, 1.54) is 0 Å². The first-order valence-electron chi connectivity index (χ1n) is 12.7. The van der Waals surface area contributed by atoms with Crippen LogP contribution in [0.5, 0.6) is 0 Å². The van der Waals surface area contributed by atoms with Crippen molar-refractivity contribution < 1.29 is 32.5 Å². The summed E-state index contributed by atoms with van der Waals surface area (Å²) in [5.41, 5.74) is 1.83. The maximum atomic E-state index is 12.4. The summed E-state index contributed by atoms with van der Waals surface area (Å²) >= 11 is 5.72. The van der Waals surface area contributed by atoms with Gasteiger partial charge in [0.15, 0.2) is 27.2 Å². The molecule has 0 saturated heterocycles. The van der Waals surface area contributed by atoms with Crippen molar-refractivity contribution in [2.24, 2.45) is 5.92 Å². The number of aromatic nitrogens is 2. The number of nitro groups is 1. The molecular formula is C28H29ClN4O8S. The lowest BCUT2D eigenvalue weighted by atomic mass is 9.81. The maximum absolute atomic E-state index is 12.4. The summed E-state index contributed by atoms with van der Waals surface area (Å²) in [6.45, 7) is 4.34. The van der Waals surface area contributed by atoms with Gasteiger partial charge in [-0.25, -0.2) is 8.42 Å². The van der Waals surface area contributed by atoms with E-state index in [-0.39, 0.29) is 29.5 Å². The van der Waals surface area contributed by atoms with Crippen molar-refractivity contribution in [3.8, 4) is 0 Å². The lowest BCUT2D eigenvalue weighted by molar-refractivity contribution is -0.385. The number of alkyl halides is 1. The van der Waals surface area contributed by atoms with Crippen LogP contribution in [0.4, 0.5) is 11.4 Å². The number of anilines is 1. The van der Waals surface area contributed by atoms with Gasteiger partial charge in [-0.15, -0.1) is 11.6 Å². The number of para-hydroxylation sites is 1. The number of rotatable bonds is 8. The Hall–Kier alpha value is -4.23. The number of halogens is 1. The molecule has 0 N–H and O–H groups in total. The van der Waals surface area contributed by atoms with E-state index in [4.69, 9.17) is 11.6 Å². The number of aryl methyl sites for hydroxylation is 2. The van der Waals surface area contributed by atoms with Gasteiger partial charge in [-0.2, -0.15) is 5.10 Å². The van der Waals surface area contributed by atoms with Crippen molar-refractivity contribution >= 4 is 56.1 Å². The third-order valence-electron chi connectivity index (χ3n) is 6.58. The summed E-state index contributed by atoms with van der Waals surface area (Å²) < 4.78 is 24.7. The predicted octanol–water partition coefficient (Wildman–Crippen LogP) is 3.85. The first-order chi connectivity index (χ1) is 19.8. The Kier molecular flexibility index (Phi) is 10.5. The molecule has 222 valence electrons. The van der Waals surface area contributed by atoms with Crippen LogP contribution in [0.2, 0.25) is 0 Å². The molecule has 0 radical (unpaired) electrons. The molecular weight excluding hydrogens is 588 g/mol. The molecule has 0 spiro atoms. The lowest BCUT2D eigenvalue weighted by Gasteiger charge is -2.25. The number of hydrogen-bond donors (Lipinski definition) is 0. The molecule has 3 aromatic rings. The fourth-order valence-corrected chi connectivity index (χ4v) is 5.35. The minimum Gasteiger partial charge on any atom is -0.298 e. The zero-order valence-electron chi connectivity index (χ0n) is 23.2. The molecule has 14 heteroatoms. The Bertz CT molecular complexity index is 1600. The normalized spacial score (nSPS) is 13.7. The number of amides is 1. The third-order valence-corrected chi connectivity index (χ3v) is 7.92. The Morgan fingerprint density at radius 3 is 2.21 bits per heavy atom. The highest BCUT2D eigenvalue weighted by molar-refractivity contribution is 7.90. The van der Waals surface area contributed by atoms with Crippen LogP contribution in [0.3, 0.4) is 0 Å². The number of carbonyl (C=O) groups excluding carboxylic acids is 4. The van der Waals surface area contributed by atoms with E-state index in [9.17, 15) is 37.7 Å². The summed E-state index contributed by atoms with van der Waals surface area (Å²) in [7, 11) is -3.70. The van der Waals surface area contributed by atoms with Gasteiger partial charge >= 0.3 is 0 Å². The minimum atomic E-state index is -3.70. The number of benzene rings is 2. The van der Waals surface area contributed by atoms with Gasteiger partial charge in [0.2, 0.25) is 5.91 Å². The second kappa shape index (κ2) is 13.6.